The van der Waals surface area contributed by atoms with Crippen molar-refractivity contribution in [2.24, 2.45) is 0 Å². The maximum atomic E-state index is 12.6. The van der Waals surface area contributed by atoms with E-state index in [0.29, 0.717) is 11.1 Å². The van der Waals surface area contributed by atoms with Crippen LogP contribution in [0.5, 0.6) is 0 Å². The Bertz CT molecular complexity index is 964. The zero-order valence-corrected chi connectivity index (χ0v) is 15.0. The molecule has 1 aromatic heterocycles. The van der Waals surface area contributed by atoms with Crippen LogP contribution < -0.4 is 5.32 Å². The van der Waals surface area contributed by atoms with Crippen LogP contribution in [0.25, 0.3) is 11.0 Å². The van der Waals surface area contributed by atoms with Crippen molar-refractivity contribution in [2.75, 3.05) is 18.9 Å². The molecule has 0 spiro atoms. The molecule has 1 N–H and O–H groups in total. The van der Waals surface area contributed by atoms with Crippen molar-refractivity contribution in [1.82, 2.24) is 14.9 Å². The molecule has 2 amide bonds. The van der Waals surface area contributed by atoms with Crippen LogP contribution in [0.2, 0.25) is 0 Å². The van der Waals surface area contributed by atoms with Gasteiger partial charge in [-0.25, -0.2) is 0 Å². The van der Waals surface area contributed by atoms with Gasteiger partial charge in [-0.05, 0) is 43.2 Å². The van der Waals surface area contributed by atoms with Gasteiger partial charge in [0.1, 0.15) is 0 Å². The number of aryl methyl sites for hydroxylation is 2. The van der Waals surface area contributed by atoms with Crippen molar-refractivity contribution >= 4 is 28.5 Å². The molecule has 0 bridgehead atoms. The van der Waals surface area contributed by atoms with Gasteiger partial charge in [0, 0.05) is 30.7 Å². The van der Waals surface area contributed by atoms with Crippen LogP contribution in [-0.4, -0.2) is 40.3 Å². The number of anilines is 1. The first-order valence-corrected chi connectivity index (χ1v) is 8.28. The van der Waals surface area contributed by atoms with Crippen LogP contribution in [0.15, 0.2) is 48.8 Å². The summed E-state index contributed by atoms with van der Waals surface area (Å²) in [5, 5.41) is 2.89. The largest absolute Gasteiger partial charge is 0.332 e. The van der Waals surface area contributed by atoms with Crippen molar-refractivity contribution in [3.8, 4) is 0 Å². The molecule has 6 heteroatoms. The first kappa shape index (κ1) is 17.5. The Morgan fingerprint density at radius 3 is 2.35 bits per heavy atom. The van der Waals surface area contributed by atoms with E-state index in [4.69, 9.17) is 0 Å². The fourth-order valence-electron chi connectivity index (χ4n) is 2.79. The number of rotatable bonds is 4. The van der Waals surface area contributed by atoms with Gasteiger partial charge in [-0.1, -0.05) is 18.2 Å². The second-order valence-electron chi connectivity index (χ2n) is 6.24. The highest BCUT2D eigenvalue weighted by Gasteiger charge is 2.16. The Balaban J connectivity index is 1.71. The molecule has 0 aliphatic rings. The molecule has 26 heavy (non-hydrogen) atoms. The normalized spacial score (nSPS) is 10.6. The van der Waals surface area contributed by atoms with E-state index in [0.717, 1.165) is 22.3 Å². The van der Waals surface area contributed by atoms with E-state index in [1.807, 2.05) is 32.0 Å². The topological polar surface area (TPSA) is 75.2 Å². The Morgan fingerprint density at radius 1 is 1.00 bits per heavy atom. The van der Waals surface area contributed by atoms with E-state index in [1.165, 1.54) is 4.90 Å². The number of aromatic nitrogens is 2. The Hall–Kier alpha value is -3.28. The number of para-hydroxylation sites is 1. The van der Waals surface area contributed by atoms with E-state index in [9.17, 15) is 9.59 Å². The molecular weight excluding hydrogens is 328 g/mol. The van der Waals surface area contributed by atoms with Crippen molar-refractivity contribution < 1.29 is 9.59 Å². The molecular formula is C20H20N4O2. The predicted molar refractivity (Wildman–Crippen MR) is 101 cm³/mol. The molecule has 1 heterocycles. The molecule has 2 aromatic carbocycles. The van der Waals surface area contributed by atoms with Crippen LogP contribution in [0.1, 0.15) is 21.5 Å². The monoisotopic (exact) mass is 348 g/mol. The summed E-state index contributed by atoms with van der Waals surface area (Å²) in [5.41, 5.74) is 4.60. The summed E-state index contributed by atoms with van der Waals surface area (Å²) in [5.74, 6) is -0.479. The molecule has 0 unspecified atom stereocenters. The third-order valence-electron chi connectivity index (χ3n) is 4.19. The predicted octanol–water partition coefficient (Wildman–Crippen LogP) is 2.96. The minimum absolute atomic E-state index is 0.0366. The average molecular weight is 348 g/mol. The molecule has 0 saturated carbocycles. The van der Waals surface area contributed by atoms with E-state index < -0.39 is 0 Å². The fraction of sp³-hybridized carbons (Fsp3) is 0.200. The van der Waals surface area contributed by atoms with Gasteiger partial charge in [0.05, 0.1) is 17.6 Å². The summed E-state index contributed by atoms with van der Waals surface area (Å²) in [6, 6.07) is 10.9. The van der Waals surface area contributed by atoms with Gasteiger partial charge in [0.15, 0.2) is 0 Å². The number of amides is 2. The van der Waals surface area contributed by atoms with E-state index >= 15 is 0 Å². The Labute approximate surface area is 151 Å². The molecule has 3 aromatic rings. The van der Waals surface area contributed by atoms with E-state index in [2.05, 4.69) is 15.3 Å². The molecule has 6 nitrogen and oxygen atoms in total. The lowest BCUT2D eigenvalue weighted by Crippen LogP contribution is -2.35. The molecule has 0 fully saturated rings. The molecule has 0 radical (unpaired) electrons. The lowest BCUT2D eigenvalue weighted by molar-refractivity contribution is -0.116. The summed E-state index contributed by atoms with van der Waals surface area (Å²) in [6.07, 6.45) is 3.19. The summed E-state index contributed by atoms with van der Waals surface area (Å²) in [4.78, 5) is 34.7. The van der Waals surface area contributed by atoms with Crippen LogP contribution in [0, 0.1) is 13.8 Å². The summed E-state index contributed by atoms with van der Waals surface area (Å²) in [6.45, 7) is 3.84. The second kappa shape index (κ2) is 7.31. The van der Waals surface area contributed by atoms with Gasteiger partial charge >= 0.3 is 0 Å². The van der Waals surface area contributed by atoms with Gasteiger partial charge < -0.3 is 10.2 Å². The zero-order chi connectivity index (χ0) is 18.7. The van der Waals surface area contributed by atoms with Gasteiger partial charge in [-0.3, -0.25) is 19.6 Å². The average Bonchev–Trinajstić information content (AvgIpc) is 2.63. The number of hydrogen-bond acceptors (Lipinski definition) is 4. The van der Waals surface area contributed by atoms with Crippen molar-refractivity contribution in [3.63, 3.8) is 0 Å². The zero-order valence-electron chi connectivity index (χ0n) is 15.0. The Kier molecular flexibility index (Phi) is 4.93. The lowest BCUT2D eigenvalue weighted by Gasteiger charge is -2.18. The molecule has 0 aliphatic heterocycles. The maximum Gasteiger partial charge on any atom is 0.254 e. The third-order valence-corrected chi connectivity index (χ3v) is 4.19. The number of carbonyl (C=O) groups is 2. The number of nitrogens with one attached hydrogen (secondary N) is 1. The van der Waals surface area contributed by atoms with Crippen LogP contribution in [0.4, 0.5) is 5.69 Å². The highest BCUT2D eigenvalue weighted by atomic mass is 16.2. The number of hydrogen-bond donors (Lipinski definition) is 1. The highest BCUT2D eigenvalue weighted by Crippen LogP contribution is 2.19. The van der Waals surface area contributed by atoms with Gasteiger partial charge in [-0.2, -0.15) is 0 Å². The van der Waals surface area contributed by atoms with Gasteiger partial charge in [0.25, 0.3) is 5.91 Å². The lowest BCUT2D eigenvalue weighted by atomic mass is 10.1. The van der Waals surface area contributed by atoms with E-state index in [-0.39, 0.29) is 18.4 Å². The first-order chi connectivity index (χ1) is 12.5. The van der Waals surface area contributed by atoms with Crippen molar-refractivity contribution in [1.29, 1.82) is 0 Å². The quantitative estimate of drug-likeness (QED) is 0.786. The van der Waals surface area contributed by atoms with Crippen LogP contribution >= 0.6 is 0 Å². The van der Waals surface area contributed by atoms with Crippen molar-refractivity contribution in [2.45, 2.75) is 13.8 Å². The molecule has 0 atom stereocenters. The number of likely N-dealkylation sites (N-methyl/N-ethyl adjacent to an activating group) is 1. The number of fused-ring (bicyclic) bond motifs is 1. The third kappa shape index (κ3) is 3.69. The maximum absolute atomic E-state index is 12.6. The highest BCUT2D eigenvalue weighted by molar-refractivity contribution is 6.01. The summed E-state index contributed by atoms with van der Waals surface area (Å²) < 4.78 is 0. The smallest absolute Gasteiger partial charge is 0.254 e. The minimum atomic E-state index is -0.241. The van der Waals surface area contributed by atoms with Gasteiger partial charge in [0.2, 0.25) is 5.91 Å². The molecule has 0 aliphatic carbocycles. The minimum Gasteiger partial charge on any atom is -0.332 e. The number of carbonyl (C=O) groups excluding carboxylic acids is 2. The Morgan fingerprint density at radius 2 is 1.65 bits per heavy atom. The molecule has 3 rings (SSSR count). The van der Waals surface area contributed by atoms with Crippen LogP contribution in [-0.2, 0) is 4.79 Å². The fourth-order valence-corrected chi connectivity index (χ4v) is 2.79. The molecule has 132 valence electrons. The van der Waals surface area contributed by atoms with Crippen LogP contribution in [0.3, 0.4) is 0 Å². The number of benzene rings is 2. The molecule has 0 saturated heterocycles. The SMILES string of the molecule is Cc1cccc(C)c1NC(=O)CN(C)C(=O)c1ccc2nccnc2c1. The summed E-state index contributed by atoms with van der Waals surface area (Å²) >= 11 is 0. The summed E-state index contributed by atoms with van der Waals surface area (Å²) in [7, 11) is 1.60. The van der Waals surface area contributed by atoms with E-state index in [1.54, 1.807) is 37.6 Å². The first-order valence-electron chi connectivity index (χ1n) is 8.28. The van der Waals surface area contributed by atoms with Crippen molar-refractivity contribution in [3.05, 3.63) is 65.5 Å². The number of nitrogens with zero attached hydrogens (tertiary/aromatic N) is 3. The van der Waals surface area contributed by atoms with Gasteiger partial charge in [-0.15, -0.1) is 0 Å². The standard InChI is InChI=1S/C20H20N4O2/c1-13-5-4-6-14(2)19(13)23-18(25)12-24(3)20(26)15-7-8-16-17(11-15)22-10-9-21-16/h4-11H,12H2,1-3H3,(H,23,25). The second-order valence-corrected chi connectivity index (χ2v) is 6.24.